The van der Waals surface area contributed by atoms with Crippen LogP contribution in [0.2, 0.25) is 0 Å². The molecule has 0 spiro atoms. The van der Waals surface area contributed by atoms with Gasteiger partial charge in [-0.05, 0) is 43.7 Å². The van der Waals surface area contributed by atoms with Crippen LogP contribution in [0.3, 0.4) is 0 Å². The molecule has 0 fully saturated rings. The lowest BCUT2D eigenvalue weighted by atomic mass is 10.2. The number of carbonyl (C=O) groups excluding carboxylic acids is 1. The monoisotopic (exact) mass is 286 g/mol. The smallest absolute Gasteiger partial charge is 0.234 e. The van der Waals surface area contributed by atoms with Crippen LogP contribution in [0.25, 0.3) is 0 Å². The Kier molecular flexibility index (Phi) is 4.69. The van der Waals surface area contributed by atoms with Crippen molar-refractivity contribution < 1.29 is 4.79 Å². The Morgan fingerprint density at radius 3 is 2.60 bits per heavy atom. The Morgan fingerprint density at radius 2 is 1.90 bits per heavy atom. The largest absolute Gasteiger partial charge is 0.397 e. The molecule has 0 aromatic heterocycles. The Morgan fingerprint density at radius 1 is 1.15 bits per heavy atom. The first-order valence-corrected chi connectivity index (χ1v) is 7.38. The van der Waals surface area contributed by atoms with Gasteiger partial charge in [-0.25, -0.2) is 0 Å². The van der Waals surface area contributed by atoms with Crippen LogP contribution in [0.4, 0.5) is 11.4 Å². The number of nitrogens with one attached hydrogen (secondary N) is 1. The third kappa shape index (κ3) is 4.03. The van der Waals surface area contributed by atoms with Crippen LogP contribution in [-0.2, 0) is 4.79 Å². The average Bonchev–Trinajstić information content (AvgIpc) is 2.40. The van der Waals surface area contributed by atoms with Crippen LogP contribution in [0.15, 0.2) is 47.4 Å². The molecule has 0 saturated carbocycles. The van der Waals surface area contributed by atoms with Crippen LogP contribution in [0.1, 0.15) is 11.1 Å². The Balaban J connectivity index is 1.92. The number of thioether (sulfide) groups is 1. The summed E-state index contributed by atoms with van der Waals surface area (Å²) in [4.78, 5) is 13.0. The van der Waals surface area contributed by atoms with Crippen LogP contribution in [0.5, 0.6) is 0 Å². The maximum absolute atomic E-state index is 11.9. The number of hydrogen-bond acceptors (Lipinski definition) is 3. The highest BCUT2D eigenvalue weighted by Crippen LogP contribution is 2.22. The van der Waals surface area contributed by atoms with E-state index in [0.717, 1.165) is 10.5 Å². The van der Waals surface area contributed by atoms with Gasteiger partial charge in [-0.2, -0.15) is 0 Å². The minimum Gasteiger partial charge on any atom is -0.397 e. The summed E-state index contributed by atoms with van der Waals surface area (Å²) in [6.07, 6.45) is 0. The van der Waals surface area contributed by atoms with Crippen molar-refractivity contribution in [2.75, 3.05) is 16.8 Å². The predicted octanol–water partition coefficient (Wildman–Crippen LogP) is 3.62. The summed E-state index contributed by atoms with van der Waals surface area (Å²) in [5.74, 6) is 0.323. The summed E-state index contributed by atoms with van der Waals surface area (Å²) in [6.45, 7) is 4.01. The van der Waals surface area contributed by atoms with E-state index in [0.29, 0.717) is 17.1 Å². The van der Waals surface area contributed by atoms with Crippen molar-refractivity contribution >= 4 is 29.0 Å². The highest BCUT2D eigenvalue weighted by molar-refractivity contribution is 8.00. The van der Waals surface area contributed by atoms with Gasteiger partial charge in [-0.15, -0.1) is 11.8 Å². The van der Waals surface area contributed by atoms with E-state index in [1.54, 1.807) is 0 Å². The Bertz CT molecular complexity index is 626. The van der Waals surface area contributed by atoms with Crippen LogP contribution < -0.4 is 11.1 Å². The Labute approximate surface area is 123 Å². The number of nitrogen functional groups attached to an aromatic ring is 1. The van der Waals surface area contributed by atoms with Crippen molar-refractivity contribution in [3.05, 3.63) is 53.6 Å². The summed E-state index contributed by atoms with van der Waals surface area (Å²) >= 11 is 1.52. The molecule has 2 aromatic carbocycles. The number of carbonyl (C=O) groups is 1. The van der Waals surface area contributed by atoms with Crippen LogP contribution in [0, 0.1) is 13.8 Å². The molecule has 3 N–H and O–H groups in total. The molecule has 104 valence electrons. The van der Waals surface area contributed by atoms with E-state index in [2.05, 4.69) is 11.4 Å². The number of anilines is 2. The highest BCUT2D eigenvalue weighted by Gasteiger charge is 2.06. The standard InChI is InChI=1S/C16H18N2OS/c1-11-4-3-5-13(8-11)20-10-16(19)18-15-7-6-12(2)9-14(15)17/h3-9H,10,17H2,1-2H3,(H,18,19). The summed E-state index contributed by atoms with van der Waals surface area (Å²) in [7, 11) is 0. The number of rotatable bonds is 4. The van der Waals surface area contributed by atoms with E-state index < -0.39 is 0 Å². The third-order valence-electron chi connectivity index (χ3n) is 2.84. The van der Waals surface area contributed by atoms with E-state index in [1.807, 2.05) is 50.2 Å². The van der Waals surface area contributed by atoms with Crippen molar-refractivity contribution in [1.29, 1.82) is 0 Å². The van der Waals surface area contributed by atoms with Gasteiger partial charge < -0.3 is 11.1 Å². The average molecular weight is 286 g/mol. The van der Waals surface area contributed by atoms with Crippen molar-refractivity contribution in [2.24, 2.45) is 0 Å². The molecule has 0 heterocycles. The maximum Gasteiger partial charge on any atom is 0.234 e. The second-order valence-electron chi connectivity index (χ2n) is 4.74. The molecule has 0 aliphatic rings. The number of nitrogens with two attached hydrogens (primary N) is 1. The minimum absolute atomic E-state index is 0.0490. The van der Waals surface area contributed by atoms with Gasteiger partial charge in [0.1, 0.15) is 0 Å². The molecule has 2 aromatic rings. The van der Waals surface area contributed by atoms with Gasteiger partial charge >= 0.3 is 0 Å². The number of aryl methyl sites for hydroxylation is 2. The molecule has 1 amide bonds. The second kappa shape index (κ2) is 6.48. The van der Waals surface area contributed by atoms with Crippen molar-refractivity contribution in [2.45, 2.75) is 18.7 Å². The molecule has 3 nitrogen and oxygen atoms in total. The van der Waals surface area contributed by atoms with Gasteiger partial charge in [0.25, 0.3) is 0 Å². The fourth-order valence-corrected chi connectivity index (χ4v) is 2.65. The van der Waals surface area contributed by atoms with Gasteiger partial charge in [0.05, 0.1) is 17.1 Å². The van der Waals surface area contributed by atoms with E-state index in [1.165, 1.54) is 17.3 Å². The molecular weight excluding hydrogens is 268 g/mol. The van der Waals surface area contributed by atoms with Crippen molar-refractivity contribution in [3.63, 3.8) is 0 Å². The van der Waals surface area contributed by atoms with E-state index in [4.69, 9.17) is 5.73 Å². The van der Waals surface area contributed by atoms with Gasteiger partial charge in [0, 0.05) is 4.90 Å². The third-order valence-corrected chi connectivity index (χ3v) is 3.83. The quantitative estimate of drug-likeness (QED) is 0.667. The lowest BCUT2D eigenvalue weighted by Crippen LogP contribution is -2.15. The first kappa shape index (κ1) is 14.5. The molecule has 0 aliphatic heterocycles. The second-order valence-corrected chi connectivity index (χ2v) is 5.79. The molecule has 0 radical (unpaired) electrons. The molecule has 0 saturated heterocycles. The first-order chi connectivity index (χ1) is 9.54. The highest BCUT2D eigenvalue weighted by atomic mass is 32.2. The fourth-order valence-electron chi connectivity index (χ4n) is 1.84. The summed E-state index contributed by atoms with van der Waals surface area (Å²) in [6, 6.07) is 13.7. The maximum atomic E-state index is 11.9. The number of amides is 1. The zero-order valence-corrected chi connectivity index (χ0v) is 12.5. The molecule has 20 heavy (non-hydrogen) atoms. The number of hydrogen-bond donors (Lipinski definition) is 2. The normalized spacial score (nSPS) is 10.3. The summed E-state index contributed by atoms with van der Waals surface area (Å²) < 4.78 is 0. The van der Waals surface area contributed by atoms with Gasteiger partial charge in [-0.3, -0.25) is 4.79 Å². The van der Waals surface area contributed by atoms with Crippen LogP contribution in [-0.4, -0.2) is 11.7 Å². The topological polar surface area (TPSA) is 55.1 Å². The lowest BCUT2D eigenvalue weighted by molar-refractivity contribution is -0.113. The predicted molar refractivity (Wildman–Crippen MR) is 86.1 cm³/mol. The molecule has 4 heteroatoms. The zero-order chi connectivity index (χ0) is 14.5. The molecule has 0 aliphatic carbocycles. The van der Waals surface area contributed by atoms with Gasteiger partial charge in [-0.1, -0.05) is 23.8 Å². The zero-order valence-electron chi connectivity index (χ0n) is 11.6. The van der Waals surface area contributed by atoms with Gasteiger partial charge in [0.15, 0.2) is 0 Å². The first-order valence-electron chi connectivity index (χ1n) is 6.40. The van der Waals surface area contributed by atoms with E-state index in [9.17, 15) is 4.79 Å². The summed E-state index contributed by atoms with van der Waals surface area (Å²) in [5.41, 5.74) is 9.41. The fraction of sp³-hybridized carbons (Fsp3) is 0.188. The number of benzene rings is 2. The lowest BCUT2D eigenvalue weighted by Gasteiger charge is -2.09. The van der Waals surface area contributed by atoms with E-state index in [-0.39, 0.29) is 5.91 Å². The summed E-state index contributed by atoms with van der Waals surface area (Å²) in [5, 5.41) is 2.84. The Hall–Kier alpha value is -1.94. The van der Waals surface area contributed by atoms with Crippen molar-refractivity contribution in [1.82, 2.24) is 0 Å². The van der Waals surface area contributed by atoms with Crippen LogP contribution >= 0.6 is 11.8 Å². The van der Waals surface area contributed by atoms with Crippen molar-refractivity contribution in [3.8, 4) is 0 Å². The molecule has 0 atom stereocenters. The van der Waals surface area contributed by atoms with Gasteiger partial charge in [0.2, 0.25) is 5.91 Å². The minimum atomic E-state index is -0.0490. The SMILES string of the molecule is Cc1cccc(SCC(=O)Nc2ccc(C)cc2N)c1. The van der Waals surface area contributed by atoms with E-state index >= 15 is 0 Å². The molecule has 0 unspecified atom stereocenters. The molecule has 2 rings (SSSR count). The molecule has 0 bridgehead atoms. The molecular formula is C16H18N2OS.